The van der Waals surface area contributed by atoms with Crippen molar-refractivity contribution in [3.63, 3.8) is 0 Å². The van der Waals surface area contributed by atoms with Gasteiger partial charge in [0.2, 0.25) is 29.5 Å². The van der Waals surface area contributed by atoms with Gasteiger partial charge >= 0.3 is 6.03 Å². The Labute approximate surface area is 383 Å². The van der Waals surface area contributed by atoms with E-state index in [1.54, 1.807) is 53.9 Å². The fraction of sp³-hybridized carbons (Fsp3) is 0.429. The second-order valence-electron chi connectivity index (χ2n) is 15.0. The van der Waals surface area contributed by atoms with Gasteiger partial charge in [-0.3, -0.25) is 38.3 Å². The first kappa shape index (κ1) is 48.0. The number of aromatic nitrogens is 4. The Morgan fingerprint density at radius 3 is 2.35 bits per heavy atom. The molecule has 1 fully saturated rings. The number of imide groups is 1. The molecule has 0 spiro atoms. The Morgan fingerprint density at radius 2 is 1.68 bits per heavy atom. The molecular formula is C42H49Cl2N11O10. The lowest BCUT2D eigenvalue weighted by Crippen LogP contribution is -2.49. The molecular weight excluding hydrogens is 889 g/mol. The number of anilines is 3. The van der Waals surface area contributed by atoms with Gasteiger partial charge in [-0.25, -0.2) is 4.79 Å². The number of nitrogens with zero attached hydrogens (tertiary/aromatic N) is 9. The van der Waals surface area contributed by atoms with Crippen LogP contribution in [0.5, 0.6) is 0 Å². The third-order valence-electron chi connectivity index (χ3n) is 10.7. The molecule has 0 aliphatic carbocycles. The number of piperazine rings is 1. The number of rotatable bonds is 21. The lowest BCUT2D eigenvalue weighted by atomic mass is 10.1. The molecule has 0 saturated carbocycles. The van der Waals surface area contributed by atoms with Gasteiger partial charge in [-0.15, -0.1) is 10.2 Å². The summed E-state index contributed by atoms with van der Waals surface area (Å²) in [4.78, 5) is 101. The van der Waals surface area contributed by atoms with Crippen molar-refractivity contribution in [1.82, 2.24) is 39.8 Å². The van der Waals surface area contributed by atoms with E-state index in [2.05, 4.69) is 20.8 Å². The smallest absolute Gasteiger partial charge is 0.324 e. The molecule has 2 aliphatic rings. The zero-order valence-electron chi connectivity index (χ0n) is 36.3. The van der Waals surface area contributed by atoms with Gasteiger partial charge < -0.3 is 44.0 Å². The van der Waals surface area contributed by atoms with Crippen molar-refractivity contribution in [2.75, 3.05) is 102 Å². The number of urea groups is 1. The van der Waals surface area contributed by atoms with Crippen molar-refractivity contribution < 1.29 is 47.5 Å². The molecule has 2 N–H and O–H groups in total. The third-order valence-corrected chi connectivity index (χ3v) is 11.4. The largest absolute Gasteiger partial charge is 0.419 e. The van der Waals surface area contributed by atoms with Crippen molar-refractivity contribution in [2.45, 2.75) is 31.8 Å². The molecule has 23 heteroatoms. The first-order valence-electron chi connectivity index (χ1n) is 20.7. The minimum atomic E-state index is -1.12. The topological polar surface area (TPSA) is 235 Å². The molecule has 0 radical (unpaired) electrons. The number of hydrogen-bond donors (Lipinski definition) is 2. The predicted octanol–water partition coefficient (Wildman–Crippen LogP) is 3.09. The molecule has 346 valence electrons. The van der Waals surface area contributed by atoms with E-state index in [9.17, 15) is 33.6 Å². The summed E-state index contributed by atoms with van der Waals surface area (Å²) in [5, 5.41) is 14.6. The summed E-state index contributed by atoms with van der Waals surface area (Å²) in [5.74, 6) is -0.999. The Bertz CT molecular complexity index is 2420. The van der Waals surface area contributed by atoms with Gasteiger partial charge in [-0.05, 0) is 36.8 Å². The SMILES string of the molecule is CNC(=O)C(CCC=O)N1C(=O)c2cccc(NCCOCCOCCC(=O)N3CCN(c4nc(N(C)C(=O)N(C)C)c(C=O)n4Cc4nnc(-c5ccc(Cl)c(Cl)c5)o4)CC3)c2C1=O. The molecule has 0 bridgehead atoms. The summed E-state index contributed by atoms with van der Waals surface area (Å²) >= 11 is 12.3. The van der Waals surface area contributed by atoms with E-state index < -0.39 is 29.8 Å². The van der Waals surface area contributed by atoms with Gasteiger partial charge in [0.15, 0.2) is 12.1 Å². The number of carbonyl (C=O) groups is 7. The zero-order valence-corrected chi connectivity index (χ0v) is 37.8. The van der Waals surface area contributed by atoms with Crippen molar-refractivity contribution in [3.8, 4) is 11.5 Å². The van der Waals surface area contributed by atoms with Crippen LogP contribution in [0.4, 0.5) is 22.2 Å². The molecule has 1 unspecified atom stereocenters. The summed E-state index contributed by atoms with van der Waals surface area (Å²) < 4.78 is 18.9. The fourth-order valence-corrected chi connectivity index (χ4v) is 7.65. The van der Waals surface area contributed by atoms with E-state index in [-0.39, 0.29) is 92.6 Å². The number of benzene rings is 2. The van der Waals surface area contributed by atoms with E-state index in [0.29, 0.717) is 72.5 Å². The quantitative estimate of drug-likeness (QED) is 0.0694. The highest BCUT2D eigenvalue weighted by Crippen LogP contribution is 2.33. The Hall–Kier alpha value is -6.42. The van der Waals surface area contributed by atoms with Crippen molar-refractivity contribution in [3.05, 3.63) is 69.2 Å². The number of halogens is 2. The molecule has 2 aromatic carbocycles. The summed E-state index contributed by atoms with van der Waals surface area (Å²) in [6, 6.07) is 8.19. The van der Waals surface area contributed by atoms with Crippen LogP contribution >= 0.6 is 23.2 Å². The molecule has 6 amide bonds. The average molecular weight is 939 g/mol. The van der Waals surface area contributed by atoms with E-state index in [0.717, 1.165) is 4.90 Å². The van der Waals surface area contributed by atoms with Gasteiger partial charge in [-0.2, -0.15) is 4.98 Å². The van der Waals surface area contributed by atoms with Crippen LogP contribution < -0.4 is 20.4 Å². The molecule has 4 heterocycles. The zero-order chi connectivity index (χ0) is 46.8. The van der Waals surface area contributed by atoms with Crippen LogP contribution in [0.1, 0.15) is 56.4 Å². The van der Waals surface area contributed by atoms with Crippen LogP contribution in [0.3, 0.4) is 0 Å². The molecule has 4 aromatic rings. The highest BCUT2D eigenvalue weighted by molar-refractivity contribution is 6.42. The maximum atomic E-state index is 13.4. The molecule has 2 aliphatic heterocycles. The number of aldehydes is 2. The van der Waals surface area contributed by atoms with Crippen LogP contribution in [0.25, 0.3) is 11.5 Å². The number of likely N-dealkylation sites (N-methyl/N-ethyl adjacent to an activating group) is 1. The molecule has 2 aromatic heterocycles. The molecule has 1 saturated heterocycles. The number of nitrogens with one attached hydrogen (secondary N) is 2. The van der Waals surface area contributed by atoms with E-state index in [1.165, 1.54) is 30.0 Å². The summed E-state index contributed by atoms with van der Waals surface area (Å²) in [6.45, 7) is 2.61. The Kier molecular flexibility index (Phi) is 16.2. The maximum Gasteiger partial charge on any atom is 0.324 e. The Morgan fingerprint density at radius 1 is 0.938 bits per heavy atom. The van der Waals surface area contributed by atoms with Crippen molar-refractivity contribution >= 4 is 82.9 Å². The monoisotopic (exact) mass is 937 g/mol. The minimum Gasteiger partial charge on any atom is -0.419 e. The number of ether oxygens (including phenoxy) is 2. The van der Waals surface area contributed by atoms with Crippen LogP contribution in [0, 0.1) is 0 Å². The summed E-state index contributed by atoms with van der Waals surface area (Å²) in [5.41, 5.74) is 1.39. The van der Waals surface area contributed by atoms with Crippen LogP contribution in [-0.4, -0.2) is 170 Å². The lowest BCUT2D eigenvalue weighted by molar-refractivity contribution is -0.132. The van der Waals surface area contributed by atoms with Crippen LogP contribution in [0.2, 0.25) is 10.0 Å². The highest BCUT2D eigenvalue weighted by atomic mass is 35.5. The predicted molar refractivity (Wildman–Crippen MR) is 238 cm³/mol. The Balaban J connectivity index is 0.967. The van der Waals surface area contributed by atoms with Crippen LogP contribution in [0.15, 0.2) is 40.8 Å². The van der Waals surface area contributed by atoms with E-state index in [1.807, 2.05) is 4.90 Å². The second-order valence-corrected chi connectivity index (χ2v) is 15.9. The lowest BCUT2D eigenvalue weighted by Gasteiger charge is -2.35. The first-order valence-corrected chi connectivity index (χ1v) is 21.4. The van der Waals surface area contributed by atoms with Crippen molar-refractivity contribution in [1.29, 1.82) is 0 Å². The van der Waals surface area contributed by atoms with Gasteiger partial charge in [-0.1, -0.05) is 29.3 Å². The van der Waals surface area contributed by atoms with Crippen LogP contribution in [-0.2, 0) is 30.4 Å². The molecule has 65 heavy (non-hydrogen) atoms. The van der Waals surface area contributed by atoms with Crippen molar-refractivity contribution in [2.24, 2.45) is 0 Å². The number of imidazole rings is 1. The number of carbonyl (C=O) groups excluding carboxylic acids is 7. The second kappa shape index (κ2) is 22.0. The maximum absolute atomic E-state index is 13.4. The molecule has 21 nitrogen and oxygen atoms in total. The molecule has 1 atom stereocenters. The average Bonchev–Trinajstić information content (AvgIpc) is 4.00. The van der Waals surface area contributed by atoms with Gasteiger partial charge in [0.05, 0.1) is 54.0 Å². The fourth-order valence-electron chi connectivity index (χ4n) is 7.35. The highest BCUT2D eigenvalue weighted by Gasteiger charge is 2.43. The molecule has 6 rings (SSSR count). The van der Waals surface area contributed by atoms with Gasteiger partial charge in [0.25, 0.3) is 11.8 Å². The van der Waals surface area contributed by atoms with Gasteiger partial charge in [0, 0.05) is 78.6 Å². The number of amides is 6. The van der Waals surface area contributed by atoms with Gasteiger partial charge in [0.1, 0.15) is 24.6 Å². The minimum absolute atomic E-state index is 0.00664. The third kappa shape index (κ3) is 10.9. The normalized spacial score (nSPS) is 14.0. The summed E-state index contributed by atoms with van der Waals surface area (Å²) in [7, 11) is 6.10. The number of fused-ring (bicyclic) bond motifs is 1. The standard InChI is InChI=1S/C42H49Cl2N11O10/c1-45-37(59)31(9-6-18-56)55-39(60)27-7-5-8-30(35(27)40(55)61)46-13-20-64-22-21-63-19-12-34(58)52-14-16-53(17-15-52)41-47-36(51(4)42(62)50(2)3)32(25-57)54(41)24-33-48-49-38(65-33)26-10-11-28(43)29(44)23-26/h5,7-8,10-11,18,23,25,31,46H,6,9,12-17,19-22,24H2,1-4H3,(H,45,59). The first-order chi connectivity index (χ1) is 31.3. The van der Waals surface area contributed by atoms with E-state index in [4.69, 9.17) is 42.1 Å². The van der Waals surface area contributed by atoms with E-state index >= 15 is 0 Å². The summed E-state index contributed by atoms with van der Waals surface area (Å²) in [6.07, 6.45) is 1.41. The number of hydrogen-bond acceptors (Lipinski definition) is 15.